The highest BCUT2D eigenvalue weighted by Crippen LogP contribution is 2.15. The molecule has 36 heavy (non-hydrogen) atoms. The fourth-order valence-electron chi connectivity index (χ4n) is 3.36. The van der Waals surface area contributed by atoms with Crippen molar-refractivity contribution < 1.29 is 29.3 Å². The quantitative estimate of drug-likeness (QED) is 0.381. The predicted octanol–water partition coefficient (Wildman–Crippen LogP) is 4.13. The van der Waals surface area contributed by atoms with Crippen molar-refractivity contribution in [3.63, 3.8) is 0 Å². The van der Waals surface area contributed by atoms with Gasteiger partial charge in [0.25, 0.3) is 0 Å². The van der Waals surface area contributed by atoms with Crippen LogP contribution in [0.1, 0.15) is 52.7 Å². The zero-order chi connectivity index (χ0) is 26.9. The fourth-order valence-corrected chi connectivity index (χ4v) is 3.36. The number of rotatable bonds is 9. The maximum absolute atomic E-state index is 12.5. The van der Waals surface area contributed by atoms with E-state index in [9.17, 15) is 19.8 Å². The lowest BCUT2D eigenvalue weighted by Crippen LogP contribution is -2.54. The molecular formula is C27H39N3O6. The van der Waals surface area contributed by atoms with Crippen LogP contribution in [0.4, 0.5) is 9.59 Å². The van der Waals surface area contributed by atoms with Gasteiger partial charge in [0, 0.05) is 13.1 Å². The summed E-state index contributed by atoms with van der Waals surface area (Å²) in [5.74, 6) is 0.120. The van der Waals surface area contributed by atoms with Crippen LogP contribution in [-0.2, 0) is 22.4 Å². The number of carbonyl (C=O) groups excluding carboxylic acids is 2. The van der Waals surface area contributed by atoms with Gasteiger partial charge in [-0.05, 0) is 71.2 Å². The highest BCUT2D eigenvalue weighted by molar-refractivity contribution is 5.68. The van der Waals surface area contributed by atoms with E-state index >= 15 is 0 Å². The molecule has 0 saturated carbocycles. The third-order valence-corrected chi connectivity index (χ3v) is 4.83. The van der Waals surface area contributed by atoms with E-state index in [-0.39, 0.29) is 18.8 Å². The summed E-state index contributed by atoms with van der Waals surface area (Å²) in [6.07, 6.45) is -2.05. The number of aliphatic hydroxyl groups is 1. The Morgan fingerprint density at radius 2 is 1.42 bits per heavy atom. The number of hydrogen-bond donors (Lipinski definition) is 4. The van der Waals surface area contributed by atoms with Gasteiger partial charge in [0.15, 0.2) is 0 Å². The Hall–Kier alpha value is -3.30. The van der Waals surface area contributed by atoms with Gasteiger partial charge in [-0.25, -0.2) is 14.6 Å². The van der Waals surface area contributed by atoms with Crippen LogP contribution < -0.4 is 10.7 Å². The average Bonchev–Trinajstić information content (AvgIpc) is 2.73. The number of phenolic OH excluding ortho intramolecular Hbond substituents is 1. The lowest BCUT2D eigenvalue weighted by atomic mass is 10.0. The number of aromatic hydroxyl groups is 1. The summed E-state index contributed by atoms with van der Waals surface area (Å²) < 4.78 is 10.8. The number of phenols is 1. The second-order valence-corrected chi connectivity index (χ2v) is 10.7. The molecule has 198 valence electrons. The molecule has 2 atom stereocenters. The Kier molecular flexibility index (Phi) is 10.1. The van der Waals surface area contributed by atoms with Gasteiger partial charge >= 0.3 is 12.2 Å². The first-order valence-electron chi connectivity index (χ1n) is 11.9. The molecule has 0 bridgehead atoms. The SMILES string of the molecule is CC(C)(C)OC(=O)NC(Cc1ccccc1)C(O)CN(Cc1ccc(O)cc1)NC(=O)OC(C)(C)C. The molecule has 0 spiro atoms. The number of nitrogens with one attached hydrogen (secondary N) is 2. The lowest BCUT2D eigenvalue weighted by Gasteiger charge is -2.31. The molecule has 0 aromatic heterocycles. The molecule has 4 N–H and O–H groups in total. The predicted molar refractivity (Wildman–Crippen MR) is 137 cm³/mol. The van der Waals surface area contributed by atoms with Gasteiger partial charge in [-0.1, -0.05) is 42.5 Å². The summed E-state index contributed by atoms with van der Waals surface area (Å²) in [6, 6.07) is 15.3. The lowest BCUT2D eigenvalue weighted by molar-refractivity contribution is 0.0105. The van der Waals surface area contributed by atoms with Crippen LogP contribution in [0.15, 0.2) is 54.6 Å². The first-order chi connectivity index (χ1) is 16.7. The maximum atomic E-state index is 12.5. The van der Waals surface area contributed by atoms with E-state index in [1.54, 1.807) is 65.8 Å². The van der Waals surface area contributed by atoms with Crippen molar-refractivity contribution in [3.05, 3.63) is 65.7 Å². The second kappa shape index (κ2) is 12.6. The number of carbonyl (C=O) groups is 2. The van der Waals surface area contributed by atoms with E-state index in [1.165, 1.54) is 5.01 Å². The molecule has 0 saturated heterocycles. The number of hydrogen-bond acceptors (Lipinski definition) is 7. The average molecular weight is 502 g/mol. The van der Waals surface area contributed by atoms with Crippen LogP contribution in [-0.4, -0.2) is 57.3 Å². The Morgan fingerprint density at radius 3 is 1.97 bits per heavy atom. The van der Waals surface area contributed by atoms with Crippen molar-refractivity contribution in [3.8, 4) is 5.75 Å². The third-order valence-electron chi connectivity index (χ3n) is 4.83. The van der Waals surface area contributed by atoms with Crippen LogP contribution in [0.5, 0.6) is 5.75 Å². The monoisotopic (exact) mass is 501 g/mol. The standard InChI is InChI=1S/C27H39N3O6/c1-26(2,3)35-24(33)28-22(16-19-10-8-7-9-11-19)23(32)18-30(29-25(34)36-27(4,5)6)17-20-12-14-21(31)15-13-20/h7-15,22-23,31-32H,16-18H2,1-6H3,(H,28,33)(H,29,34). The minimum absolute atomic E-state index is 0.0204. The van der Waals surface area contributed by atoms with Crippen LogP contribution >= 0.6 is 0 Å². The van der Waals surface area contributed by atoms with Crippen LogP contribution in [0.2, 0.25) is 0 Å². The van der Waals surface area contributed by atoms with Crippen molar-refractivity contribution in [1.82, 2.24) is 15.8 Å². The first-order valence-corrected chi connectivity index (χ1v) is 11.9. The molecule has 0 aliphatic carbocycles. The molecule has 2 aromatic rings. The Morgan fingerprint density at radius 1 is 0.861 bits per heavy atom. The van der Waals surface area contributed by atoms with E-state index < -0.39 is 35.5 Å². The van der Waals surface area contributed by atoms with Gasteiger partial charge in [0.05, 0.1) is 12.1 Å². The summed E-state index contributed by atoms with van der Waals surface area (Å²) in [5, 5.41) is 25.1. The molecule has 0 heterocycles. The van der Waals surface area contributed by atoms with E-state index in [0.29, 0.717) is 6.42 Å². The fraction of sp³-hybridized carbons (Fsp3) is 0.481. The summed E-state index contributed by atoms with van der Waals surface area (Å²) in [4.78, 5) is 25.0. The smallest absolute Gasteiger partial charge is 0.422 e. The molecule has 2 unspecified atom stereocenters. The van der Waals surface area contributed by atoms with Crippen molar-refractivity contribution in [2.24, 2.45) is 0 Å². The molecular weight excluding hydrogens is 462 g/mol. The molecule has 2 amide bonds. The summed E-state index contributed by atoms with van der Waals surface area (Å²) >= 11 is 0. The topological polar surface area (TPSA) is 120 Å². The molecule has 0 radical (unpaired) electrons. The maximum Gasteiger partial charge on any atom is 0.422 e. The normalized spacial score (nSPS) is 13.6. The summed E-state index contributed by atoms with van der Waals surface area (Å²) in [6.45, 7) is 10.8. The number of ether oxygens (including phenoxy) is 2. The van der Waals surface area contributed by atoms with Gasteiger partial charge in [-0.3, -0.25) is 5.43 Å². The van der Waals surface area contributed by atoms with Gasteiger partial charge in [-0.15, -0.1) is 0 Å². The van der Waals surface area contributed by atoms with Crippen molar-refractivity contribution in [1.29, 1.82) is 0 Å². The highest BCUT2D eigenvalue weighted by atomic mass is 16.6. The third kappa shape index (κ3) is 11.4. The molecule has 0 fully saturated rings. The summed E-state index contributed by atoms with van der Waals surface area (Å²) in [7, 11) is 0. The van der Waals surface area contributed by atoms with Crippen molar-refractivity contribution in [2.75, 3.05) is 6.54 Å². The molecule has 0 aliphatic heterocycles. The van der Waals surface area contributed by atoms with Crippen molar-refractivity contribution in [2.45, 2.75) is 77.9 Å². The van der Waals surface area contributed by atoms with Gasteiger partial charge in [0.1, 0.15) is 17.0 Å². The van der Waals surface area contributed by atoms with Gasteiger partial charge in [0.2, 0.25) is 0 Å². The van der Waals surface area contributed by atoms with Crippen LogP contribution in [0.3, 0.4) is 0 Å². The zero-order valence-corrected chi connectivity index (χ0v) is 21.9. The van der Waals surface area contributed by atoms with E-state index in [1.807, 2.05) is 30.3 Å². The van der Waals surface area contributed by atoms with E-state index in [2.05, 4.69) is 10.7 Å². The highest BCUT2D eigenvalue weighted by Gasteiger charge is 2.28. The van der Waals surface area contributed by atoms with Crippen LogP contribution in [0, 0.1) is 0 Å². The molecule has 9 heteroatoms. The van der Waals surface area contributed by atoms with Crippen LogP contribution in [0.25, 0.3) is 0 Å². The number of amides is 2. The van der Waals surface area contributed by atoms with Gasteiger partial charge in [-0.2, -0.15) is 0 Å². The molecule has 0 aliphatic rings. The minimum atomic E-state index is -1.08. The largest absolute Gasteiger partial charge is 0.508 e. The van der Waals surface area contributed by atoms with Gasteiger partial charge < -0.3 is 25.0 Å². The Labute approximate surface area is 213 Å². The summed E-state index contributed by atoms with van der Waals surface area (Å²) in [5.41, 5.74) is 2.98. The van der Waals surface area contributed by atoms with E-state index in [4.69, 9.17) is 9.47 Å². The molecule has 9 nitrogen and oxygen atoms in total. The molecule has 2 aromatic carbocycles. The first kappa shape index (κ1) is 28.9. The Bertz CT molecular complexity index is 968. The Balaban J connectivity index is 2.22. The zero-order valence-electron chi connectivity index (χ0n) is 21.9. The number of nitrogens with zero attached hydrogens (tertiary/aromatic N) is 1. The molecule has 2 rings (SSSR count). The second-order valence-electron chi connectivity index (χ2n) is 10.7. The number of benzene rings is 2. The van der Waals surface area contributed by atoms with Crippen molar-refractivity contribution >= 4 is 12.2 Å². The number of alkyl carbamates (subject to hydrolysis) is 1. The van der Waals surface area contributed by atoms with E-state index in [0.717, 1.165) is 11.1 Å². The number of aliphatic hydroxyl groups excluding tert-OH is 1. The number of hydrazine groups is 1. The minimum Gasteiger partial charge on any atom is -0.508 e.